The summed E-state index contributed by atoms with van der Waals surface area (Å²) in [5.74, 6) is -1.14. The van der Waals surface area contributed by atoms with E-state index in [4.69, 9.17) is 5.11 Å². The van der Waals surface area contributed by atoms with Crippen molar-refractivity contribution in [3.8, 4) is 0 Å². The molecule has 0 saturated heterocycles. The first-order valence-electron chi connectivity index (χ1n) is 5.82. The Morgan fingerprint density at radius 1 is 1.22 bits per heavy atom. The number of nitrogens with one attached hydrogen (secondary N) is 1. The Hall–Kier alpha value is -1.88. The summed E-state index contributed by atoms with van der Waals surface area (Å²) >= 11 is 0. The van der Waals surface area contributed by atoms with E-state index in [9.17, 15) is 9.59 Å². The largest absolute Gasteiger partial charge is 0.480 e. The van der Waals surface area contributed by atoms with Crippen molar-refractivity contribution in [2.45, 2.75) is 13.8 Å². The van der Waals surface area contributed by atoms with Crippen LogP contribution in [-0.4, -0.2) is 41.5 Å². The van der Waals surface area contributed by atoms with Crippen molar-refractivity contribution in [2.75, 3.05) is 25.0 Å². The van der Waals surface area contributed by atoms with Gasteiger partial charge in [0.15, 0.2) is 0 Å². The number of likely N-dealkylation sites (N-methyl/N-ethyl adjacent to an activating group) is 1. The number of rotatable bonds is 6. The van der Waals surface area contributed by atoms with Crippen molar-refractivity contribution in [1.29, 1.82) is 0 Å². The number of carbonyl (C=O) groups excluding carboxylic acids is 1. The van der Waals surface area contributed by atoms with Crippen molar-refractivity contribution in [3.05, 3.63) is 29.8 Å². The predicted molar refractivity (Wildman–Crippen MR) is 69.6 cm³/mol. The number of carboxylic acid groups (broad SMARTS) is 1. The van der Waals surface area contributed by atoms with Gasteiger partial charge < -0.3 is 10.4 Å². The third kappa shape index (κ3) is 4.97. The van der Waals surface area contributed by atoms with Gasteiger partial charge in [0.25, 0.3) is 0 Å². The van der Waals surface area contributed by atoms with E-state index in [1.165, 1.54) is 0 Å². The molecule has 98 valence electrons. The lowest BCUT2D eigenvalue weighted by Gasteiger charge is -2.17. The number of anilines is 1. The number of benzene rings is 1. The summed E-state index contributed by atoms with van der Waals surface area (Å²) in [5, 5.41) is 11.4. The highest BCUT2D eigenvalue weighted by Gasteiger charge is 2.12. The van der Waals surface area contributed by atoms with Crippen LogP contribution in [0.15, 0.2) is 24.3 Å². The highest BCUT2D eigenvalue weighted by Crippen LogP contribution is 2.08. The Kier molecular flexibility index (Phi) is 5.32. The van der Waals surface area contributed by atoms with Crippen LogP contribution in [0.2, 0.25) is 0 Å². The maximum Gasteiger partial charge on any atom is 0.317 e. The average Bonchev–Trinajstić information content (AvgIpc) is 2.30. The molecule has 5 nitrogen and oxygen atoms in total. The standard InChI is InChI=1S/C13H18N2O3/c1-3-15(9-13(17)18)8-12(16)14-11-6-4-10(2)5-7-11/h4-7H,3,8-9H2,1-2H3,(H,14,16)(H,17,18). The van der Waals surface area contributed by atoms with E-state index in [0.717, 1.165) is 11.3 Å². The van der Waals surface area contributed by atoms with Gasteiger partial charge in [-0.25, -0.2) is 0 Å². The van der Waals surface area contributed by atoms with Crippen molar-refractivity contribution >= 4 is 17.6 Å². The minimum absolute atomic E-state index is 0.0800. The molecule has 5 heteroatoms. The van der Waals surface area contributed by atoms with Crippen LogP contribution in [0.1, 0.15) is 12.5 Å². The van der Waals surface area contributed by atoms with Crippen LogP contribution in [0.4, 0.5) is 5.69 Å². The predicted octanol–water partition coefficient (Wildman–Crippen LogP) is 1.34. The summed E-state index contributed by atoms with van der Waals surface area (Å²) < 4.78 is 0. The van der Waals surface area contributed by atoms with Gasteiger partial charge in [-0.05, 0) is 25.6 Å². The zero-order chi connectivity index (χ0) is 13.5. The molecule has 0 radical (unpaired) electrons. The molecule has 0 fully saturated rings. The van der Waals surface area contributed by atoms with Crippen LogP contribution in [0.3, 0.4) is 0 Å². The van der Waals surface area contributed by atoms with Crippen molar-refractivity contribution in [3.63, 3.8) is 0 Å². The molecule has 1 rings (SSSR count). The number of aryl methyl sites for hydroxylation is 1. The molecule has 1 amide bonds. The van der Waals surface area contributed by atoms with Gasteiger partial charge >= 0.3 is 5.97 Å². The molecule has 0 aliphatic rings. The summed E-state index contributed by atoms with van der Waals surface area (Å²) in [6.45, 7) is 4.27. The molecule has 1 aromatic carbocycles. The van der Waals surface area contributed by atoms with E-state index in [-0.39, 0.29) is 19.0 Å². The first-order chi connectivity index (χ1) is 8.51. The number of hydrogen-bond donors (Lipinski definition) is 2. The molecule has 1 aromatic rings. The lowest BCUT2D eigenvalue weighted by molar-refractivity contribution is -0.138. The summed E-state index contributed by atoms with van der Waals surface area (Å²) in [4.78, 5) is 23.8. The Morgan fingerprint density at radius 3 is 2.33 bits per heavy atom. The molecule has 0 aromatic heterocycles. The Bertz CT molecular complexity index is 415. The molecule has 0 spiro atoms. The monoisotopic (exact) mass is 250 g/mol. The number of amides is 1. The number of hydrogen-bond acceptors (Lipinski definition) is 3. The zero-order valence-corrected chi connectivity index (χ0v) is 10.6. The van der Waals surface area contributed by atoms with Gasteiger partial charge in [0.1, 0.15) is 0 Å². The first-order valence-corrected chi connectivity index (χ1v) is 5.82. The highest BCUT2D eigenvalue weighted by atomic mass is 16.4. The van der Waals surface area contributed by atoms with Gasteiger partial charge in [0.05, 0.1) is 13.1 Å². The van der Waals surface area contributed by atoms with E-state index in [1.807, 2.05) is 38.1 Å². The van der Waals surface area contributed by atoms with E-state index in [1.54, 1.807) is 4.90 Å². The van der Waals surface area contributed by atoms with E-state index < -0.39 is 5.97 Å². The highest BCUT2D eigenvalue weighted by molar-refractivity contribution is 5.92. The number of carboxylic acids is 1. The fourth-order valence-corrected chi connectivity index (χ4v) is 1.51. The fraction of sp³-hybridized carbons (Fsp3) is 0.385. The van der Waals surface area contributed by atoms with Crippen LogP contribution < -0.4 is 5.32 Å². The number of aliphatic carboxylic acids is 1. The maximum atomic E-state index is 11.7. The number of carbonyl (C=O) groups is 2. The zero-order valence-electron chi connectivity index (χ0n) is 10.6. The van der Waals surface area contributed by atoms with Gasteiger partial charge in [-0.3, -0.25) is 14.5 Å². The molecule has 0 unspecified atom stereocenters. The molecular formula is C13H18N2O3. The van der Waals surface area contributed by atoms with Crippen LogP contribution in [0.25, 0.3) is 0 Å². The van der Waals surface area contributed by atoms with Crippen LogP contribution >= 0.6 is 0 Å². The second kappa shape index (κ2) is 6.76. The SMILES string of the molecule is CCN(CC(=O)O)CC(=O)Nc1ccc(C)cc1. The first kappa shape index (κ1) is 14.2. The van der Waals surface area contributed by atoms with Crippen molar-refractivity contribution in [1.82, 2.24) is 4.90 Å². The molecule has 0 heterocycles. The molecule has 0 aliphatic heterocycles. The lowest BCUT2D eigenvalue weighted by atomic mass is 10.2. The topological polar surface area (TPSA) is 69.6 Å². The van der Waals surface area contributed by atoms with E-state index in [2.05, 4.69) is 5.32 Å². The minimum atomic E-state index is -0.931. The van der Waals surface area contributed by atoms with Crippen LogP contribution in [0, 0.1) is 6.92 Å². The Balaban J connectivity index is 2.49. The van der Waals surface area contributed by atoms with Gasteiger partial charge in [-0.1, -0.05) is 24.6 Å². The second-order valence-electron chi connectivity index (χ2n) is 4.11. The molecule has 0 bridgehead atoms. The average molecular weight is 250 g/mol. The number of nitrogens with zero attached hydrogens (tertiary/aromatic N) is 1. The summed E-state index contributed by atoms with van der Waals surface area (Å²) in [7, 11) is 0. The van der Waals surface area contributed by atoms with E-state index in [0.29, 0.717) is 6.54 Å². The smallest absolute Gasteiger partial charge is 0.317 e. The molecule has 2 N–H and O–H groups in total. The Morgan fingerprint density at radius 2 is 1.83 bits per heavy atom. The fourth-order valence-electron chi connectivity index (χ4n) is 1.51. The quantitative estimate of drug-likeness (QED) is 0.799. The summed E-state index contributed by atoms with van der Waals surface area (Å²) in [6.07, 6.45) is 0. The van der Waals surface area contributed by atoms with Crippen LogP contribution in [-0.2, 0) is 9.59 Å². The summed E-state index contributed by atoms with van der Waals surface area (Å²) in [5.41, 5.74) is 1.84. The third-order valence-electron chi connectivity index (χ3n) is 2.51. The van der Waals surface area contributed by atoms with Crippen molar-refractivity contribution in [2.24, 2.45) is 0 Å². The van der Waals surface area contributed by atoms with Gasteiger partial charge in [-0.2, -0.15) is 0 Å². The molecule has 0 aliphatic carbocycles. The maximum absolute atomic E-state index is 11.7. The Labute approximate surface area is 106 Å². The van der Waals surface area contributed by atoms with Crippen LogP contribution in [0.5, 0.6) is 0 Å². The van der Waals surface area contributed by atoms with Gasteiger partial charge in [0.2, 0.25) is 5.91 Å². The van der Waals surface area contributed by atoms with E-state index >= 15 is 0 Å². The van der Waals surface area contributed by atoms with Gasteiger partial charge in [-0.15, -0.1) is 0 Å². The summed E-state index contributed by atoms with van der Waals surface area (Å²) in [6, 6.07) is 7.45. The molecular weight excluding hydrogens is 232 g/mol. The molecule has 0 atom stereocenters. The minimum Gasteiger partial charge on any atom is -0.480 e. The lowest BCUT2D eigenvalue weighted by Crippen LogP contribution is -2.36. The van der Waals surface area contributed by atoms with Crippen molar-refractivity contribution < 1.29 is 14.7 Å². The van der Waals surface area contributed by atoms with Gasteiger partial charge in [0, 0.05) is 5.69 Å². The normalized spacial score (nSPS) is 10.4. The third-order valence-corrected chi connectivity index (χ3v) is 2.51. The second-order valence-corrected chi connectivity index (χ2v) is 4.11. The molecule has 18 heavy (non-hydrogen) atoms. The molecule has 0 saturated carbocycles.